The van der Waals surface area contributed by atoms with Gasteiger partial charge in [-0.05, 0) is 22.8 Å². The second kappa shape index (κ2) is 7.51. The first-order valence-electron chi connectivity index (χ1n) is 8.86. The maximum Gasteiger partial charge on any atom is 0.276 e. The summed E-state index contributed by atoms with van der Waals surface area (Å²) in [6.45, 7) is 0.278. The number of nitrogens with zero attached hydrogens (tertiary/aromatic N) is 3. The van der Waals surface area contributed by atoms with Crippen LogP contribution in [0.4, 0.5) is 0 Å². The predicted octanol–water partition coefficient (Wildman–Crippen LogP) is 3.30. The van der Waals surface area contributed by atoms with Gasteiger partial charge in [0.05, 0.1) is 23.9 Å². The highest BCUT2D eigenvalue weighted by molar-refractivity contribution is 5.70. The fraction of sp³-hybridized carbons (Fsp3) is 0.136. The average Bonchev–Trinajstić information content (AvgIpc) is 3.20. The zero-order valence-corrected chi connectivity index (χ0v) is 15.3. The Morgan fingerprint density at radius 2 is 1.93 bits per heavy atom. The monoisotopic (exact) mass is 370 g/mol. The Morgan fingerprint density at radius 1 is 1.14 bits per heavy atom. The zero-order chi connectivity index (χ0) is 19.5. The molecule has 0 saturated carbocycles. The van der Waals surface area contributed by atoms with E-state index < -0.39 is 0 Å². The maximum atomic E-state index is 12.9. The molecule has 0 unspecified atom stereocenters. The van der Waals surface area contributed by atoms with Crippen LogP contribution < -0.4 is 5.56 Å². The van der Waals surface area contributed by atoms with Crippen LogP contribution in [-0.2, 0) is 17.8 Å². The third-order valence-corrected chi connectivity index (χ3v) is 4.70. The fourth-order valence-electron chi connectivity index (χ4n) is 3.31. The fourth-order valence-corrected chi connectivity index (χ4v) is 3.31. The van der Waals surface area contributed by atoms with E-state index in [-0.39, 0.29) is 12.2 Å². The van der Waals surface area contributed by atoms with E-state index >= 15 is 0 Å². The Bertz CT molecular complexity index is 1230. The number of aromatic nitrogens is 3. The Morgan fingerprint density at radius 3 is 2.68 bits per heavy atom. The standard InChI is InChI=1S/C22H18N4O2/c1-28-14-20-19(22(27)26-21(25-20)10-11-24-26)12-15-6-8-16(9-7-15)18-5-3-2-4-17(18)13-23/h2-11,24H,12,14H2,1H3. The first-order chi connectivity index (χ1) is 13.7. The number of hydrogen-bond donors (Lipinski definition) is 1. The number of rotatable bonds is 5. The summed E-state index contributed by atoms with van der Waals surface area (Å²) in [6, 6.07) is 19.4. The highest BCUT2D eigenvalue weighted by atomic mass is 16.5. The average molecular weight is 370 g/mol. The topological polar surface area (TPSA) is 83.2 Å². The Hall–Kier alpha value is -3.69. The minimum atomic E-state index is -0.124. The SMILES string of the molecule is COCc1nc2cc[nH]n2c(=O)c1Cc1ccc(-c2ccccc2C#N)cc1. The predicted molar refractivity (Wildman–Crippen MR) is 106 cm³/mol. The van der Waals surface area contributed by atoms with Crippen LogP contribution in [0.2, 0.25) is 0 Å². The number of hydrogen-bond acceptors (Lipinski definition) is 4. The van der Waals surface area contributed by atoms with Crippen LogP contribution in [0.3, 0.4) is 0 Å². The summed E-state index contributed by atoms with van der Waals surface area (Å²) >= 11 is 0. The van der Waals surface area contributed by atoms with Gasteiger partial charge in [0.25, 0.3) is 5.56 Å². The van der Waals surface area contributed by atoms with E-state index in [4.69, 9.17) is 4.74 Å². The van der Waals surface area contributed by atoms with Crippen LogP contribution in [0, 0.1) is 11.3 Å². The number of fused-ring (bicyclic) bond motifs is 1. The molecule has 0 atom stereocenters. The Kier molecular flexibility index (Phi) is 4.75. The van der Waals surface area contributed by atoms with Gasteiger partial charge < -0.3 is 4.74 Å². The van der Waals surface area contributed by atoms with E-state index in [1.807, 2.05) is 42.5 Å². The second-order valence-electron chi connectivity index (χ2n) is 6.46. The minimum Gasteiger partial charge on any atom is -0.378 e. The van der Waals surface area contributed by atoms with Crippen LogP contribution in [-0.4, -0.2) is 21.7 Å². The number of methoxy groups -OCH3 is 1. The Balaban J connectivity index is 1.70. The van der Waals surface area contributed by atoms with Crippen molar-refractivity contribution in [2.45, 2.75) is 13.0 Å². The van der Waals surface area contributed by atoms with Gasteiger partial charge in [0.2, 0.25) is 0 Å². The van der Waals surface area contributed by atoms with Gasteiger partial charge in [0.15, 0.2) is 5.65 Å². The van der Waals surface area contributed by atoms with Crippen LogP contribution in [0.25, 0.3) is 16.8 Å². The van der Waals surface area contributed by atoms with Gasteiger partial charge in [-0.15, -0.1) is 0 Å². The lowest BCUT2D eigenvalue weighted by Gasteiger charge is -2.10. The summed E-state index contributed by atoms with van der Waals surface area (Å²) < 4.78 is 6.67. The van der Waals surface area contributed by atoms with Gasteiger partial charge in [-0.3, -0.25) is 9.89 Å². The van der Waals surface area contributed by atoms with Crippen LogP contribution in [0.15, 0.2) is 65.6 Å². The molecule has 0 amide bonds. The lowest BCUT2D eigenvalue weighted by Crippen LogP contribution is -2.23. The molecule has 0 fully saturated rings. The summed E-state index contributed by atoms with van der Waals surface area (Å²) in [5.41, 5.74) is 5.18. The molecule has 6 heteroatoms. The van der Waals surface area contributed by atoms with Gasteiger partial charge in [-0.1, -0.05) is 42.5 Å². The van der Waals surface area contributed by atoms with Crippen LogP contribution in [0.5, 0.6) is 0 Å². The first-order valence-corrected chi connectivity index (χ1v) is 8.86. The van der Waals surface area contributed by atoms with E-state index in [2.05, 4.69) is 16.2 Å². The molecule has 0 aliphatic carbocycles. The molecule has 0 aliphatic heterocycles. The Labute approximate surface area is 161 Å². The molecule has 2 aromatic carbocycles. The van der Waals surface area contributed by atoms with Crippen molar-refractivity contribution in [2.75, 3.05) is 7.11 Å². The number of H-pyrrole nitrogens is 1. The molecule has 28 heavy (non-hydrogen) atoms. The van der Waals surface area contributed by atoms with E-state index in [9.17, 15) is 10.1 Å². The van der Waals surface area contributed by atoms with Crippen molar-refractivity contribution >= 4 is 5.65 Å². The third kappa shape index (κ3) is 3.20. The second-order valence-corrected chi connectivity index (χ2v) is 6.46. The molecule has 1 N–H and O–H groups in total. The quantitative estimate of drug-likeness (QED) is 0.584. The third-order valence-electron chi connectivity index (χ3n) is 4.70. The van der Waals surface area contributed by atoms with E-state index in [1.54, 1.807) is 25.4 Å². The number of aromatic amines is 1. The van der Waals surface area contributed by atoms with E-state index in [1.165, 1.54) is 4.52 Å². The summed E-state index contributed by atoms with van der Waals surface area (Å²) in [5, 5.41) is 12.2. The van der Waals surface area contributed by atoms with Crippen molar-refractivity contribution in [3.8, 4) is 17.2 Å². The molecule has 2 aromatic heterocycles. The molecule has 0 radical (unpaired) electrons. The molecule has 0 spiro atoms. The number of nitriles is 1. The molecule has 6 nitrogen and oxygen atoms in total. The molecule has 0 aliphatic rings. The van der Waals surface area contributed by atoms with Crippen LogP contribution >= 0.6 is 0 Å². The highest BCUT2D eigenvalue weighted by Crippen LogP contribution is 2.24. The normalized spacial score (nSPS) is 10.9. The number of nitrogens with one attached hydrogen (secondary N) is 1. The summed E-state index contributed by atoms with van der Waals surface area (Å²) in [5.74, 6) is 0. The molecule has 0 saturated heterocycles. The van der Waals surface area contributed by atoms with Crippen molar-refractivity contribution in [3.05, 3.63) is 93.5 Å². The summed E-state index contributed by atoms with van der Waals surface area (Å²) in [6.07, 6.45) is 2.14. The van der Waals surface area contributed by atoms with E-state index in [0.717, 1.165) is 16.7 Å². The zero-order valence-electron chi connectivity index (χ0n) is 15.3. The van der Waals surface area contributed by atoms with Crippen molar-refractivity contribution in [1.29, 1.82) is 5.26 Å². The molecular formula is C22H18N4O2. The lowest BCUT2D eigenvalue weighted by molar-refractivity contribution is 0.180. The number of ether oxygens (including phenoxy) is 1. The molecular weight excluding hydrogens is 352 g/mol. The molecule has 4 aromatic rings. The van der Waals surface area contributed by atoms with Gasteiger partial charge in [0, 0.05) is 31.4 Å². The van der Waals surface area contributed by atoms with Crippen molar-refractivity contribution in [2.24, 2.45) is 0 Å². The first kappa shape index (κ1) is 17.7. The largest absolute Gasteiger partial charge is 0.378 e. The summed E-state index contributed by atoms with van der Waals surface area (Å²) in [4.78, 5) is 17.4. The van der Waals surface area contributed by atoms with Gasteiger partial charge in [0.1, 0.15) is 0 Å². The van der Waals surface area contributed by atoms with Crippen molar-refractivity contribution in [3.63, 3.8) is 0 Å². The van der Waals surface area contributed by atoms with Crippen molar-refractivity contribution < 1.29 is 4.74 Å². The van der Waals surface area contributed by atoms with Gasteiger partial charge in [-0.2, -0.15) is 5.26 Å². The molecule has 4 rings (SSSR count). The molecule has 2 heterocycles. The molecule has 138 valence electrons. The van der Waals surface area contributed by atoms with E-state index in [0.29, 0.717) is 28.9 Å². The van der Waals surface area contributed by atoms with Crippen LogP contribution in [0.1, 0.15) is 22.4 Å². The lowest BCUT2D eigenvalue weighted by atomic mass is 9.97. The molecule has 0 bridgehead atoms. The van der Waals surface area contributed by atoms with Crippen molar-refractivity contribution in [1.82, 2.24) is 14.6 Å². The van der Waals surface area contributed by atoms with Gasteiger partial charge in [-0.25, -0.2) is 9.50 Å². The highest BCUT2D eigenvalue weighted by Gasteiger charge is 2.14. The number of benzene rings is 2. The van der Waals surface area contributed by atoms with Gasteiger partial charge >= 0.3 is 0 Å². The smallest absolute Gasteiger partial charge is 0.276 e. The maximum absolute atomic E-state index is 12.9. The summed E-state index contributed by atoms with van der Waals surface area (Å²) in [7, 11) is 1.59. The minimum absolute atomic E-state index is 0.124.